The molecular formula is C44H73KO7S. The molecule has 53 heavy (non-hydrogen) atoms. The van der Waals surface area contributed by atoms with E-state index in [0.717, 1.165) is 31.7 Å². The molecule has 0 aliphatic carbocycles. The molecule has 7 nitrogen and oxygen atoms in total. The number of hydrogen-bond donors (Lipinski definition) is 0. The van der Waals surface area contributed by atoms with Crippen LogP contribution in [-0.2, 0) is 19.6 Å². The third kappa shape index (κ3) is 29.1. The molecule has 0 saturated heterocycles. The Kier molecular flexibility index (Phi) is 36.2. The maximum absolute atomic E-state index is 13.0. The summed E-state index contributed by atoms with van der Waals surface area (Å²) < 4.78 is 46.6. The van der Waals surface area contributed by atoms with Crippen molar-refractivity contribution in [2.45, 2.75) is 199 Å². The summed E-state index contributed by atoms with van der Waals surface area (Å²) in [6.45, 7) is 4.65. The van der Waals surface area contributed by atoms with Gasteiger partial charge in [0.1, 0.15) is 10.1 Å². The molecule has 1 rings (SSSR count). The zero-order valence-corrected chi connectivity index (χ0v) is 38.0. The second-order valence-electron chi connectivity index (χ2n) is 14.3. The number of allylic oxidation sites excluding steroid dienone is 4. The van der Waals surface area contributed by atoms with Crippen LogP contribution in [0.3, 0.4) is 0 Å². The number of esters is 2. The van der Waals surface area contributed by atoms with Crippen LogP contribution >= 0.6 is 0 Å². The second-order valence-corrected chi connectivity index (χ2v) is 15.6. The summed E-state index contributed by atoms with van der Waals surface area (Å²) in [4.78, 5) is 25.1. The van der Waals surface area contributed by atoms with Crippen LogP contribution in [0.25, 0.3) is 0 Å². The summed E-state index contributed by atoms with van der Waals surface area (Å²) >= 11 is 0. The van der Waals surface area contributed by atoms with Crippen molar-refractivity contribution < 1.29 is 83.4 Å². The zero-order chi connectivity index (χ0) is 38.0. The largest absolute Gasteiger partial charge is 1.00 e. The molecule has 0 heterocycles. The predicted molar refractivity (Wildman–Crippen MR) is 214 cm³/mol. The fourth-order valence-corrected chi connectivity index (χ4v) is 7.01. The Morgan fingerprint density at radius 3 is 1.25 bits per heavy atom. The number of rotatable bonds is 35. The first kappa shape index (κ1) is 52.2. The number of hydrogen-bond acceptors (Lipinski definition) is 7. The van der Waals surface area contributed by atoms with E-state index in [0.29, 0.717) is 19.3 Å². The van der Waals surface area contributed by atoms with Crippen molar-refractivity contribution in [2.75, 3.05) is 13.2 Å². The maximum atomic E-state index is 13.0. The zero-order valence-electron chi connectivity index (χ0n) is 34.0. The molecule has 1 aromatic rings. The summed E-state index contributed by atoms with van der Waals surface area (Å²) in [5.41, 5.74) is -0.831. The minimum Gasteiger partial charge on any atom is -0.744 e. The molecule has 0 aliphatic heterocycles. The normalized spacial score (nSPS) is 11.7. The minimum absolute atomic E-state index is 0. The van der Waals surface area contributed by atoms with E-state index in [4.69, 9.17) is 9.47 Å². The number of benzene rings is 1. The molecule has 0 aliphatic rings. The van der Waals surface area contributed by atoms with Gasteiger partial charge in [0.05, 0.1) is 29.2 Å². The first-order chi connectivity index (χ1) is 25.3. The molecule has 0 N–H and O–H groups in total. The predicted octanol–water partition coefficient (Wildman–Crippen LogP) is 9.98. The van der Waals surface area contributed by atoms with Crippen LogP contribution in [0.5, 0.6) is 0 Å². The quantitative estimate of drug-likeness (QED) is 0.0222. The van der Waals surface area contributed by atoms with Crippen molar-refractivity contribution in [3.05, 3.63) is 53.6 Å². The first-order valence-corrected chi connectivity index (χ1v) is 22.5. The minimum atomic E-state index is -5.03. The summed E-state index contributed by atoms with van der Waals surface area (Å²) in [7, 11) is -5.03. The molecule has 1 aromatic carbocycles. The third-order valence-electron chi connectivity index (χ3n) is 9.50. The van der Waals surface area contributed by atoms with Gasteiger partial charge in [0.2, 0.25) is 0 Å². The van der Waals surface area contributed by atoms with Crippen molar-refractivity contribution in [1.82, 2.24) is 0 Å². The fourth-order valence-electron chi connectivity index (χ4n) is 6.33. The van der Waals surface area contributed by atoms with Crippen LogP contribution in [0.4, 0.5) is 0 Å². The number of carbonyl (C=O) groups excluding carboxylic acids is 2. The van der Waals surface area contributed by atoms with E-state index in [1.807, 2.05) is 0 Å². The van der Waals surface area contributed by atoms with Gasteiger partial charge >= 0.3 is 63.3 Å². The fraction of sp³-hybridized carbons (Fsp3) is 0.727. The average molecular weight is 785 g/mol. The molecule has 0 saturated carbocycles. The van der Waals surface area contributed by atoms with Gasteiger partial charge in [-0.05, 0) is 63.5 Å². The topological polar surface area (TPSA) is 110 Å². The van der Waals surface area contributed by atoms with E-state index in [-0.39, 0.29) is 70.2 Å². The van der Waals surface area contributed by atoms with Crippen LogP contribution in [0.2, 0.25) is 0 Å². The Morgan fingerprint density at radius 1 is 0.528 bits per heavy atom. The SMILES string of the molecule is CCCCCCCCCCCCC/C=C/CCCOC(=O)c1cccc(S(=O)(=O)[O-])c1C(=O)OCCC/C=C/CCCCCCCCCCCCC.[K+]. The van der Waals surface area contributed by atoms with E-state index in [2.05, 4.69) is 38.2 Å². The summed E-state index contributed by atoms with van der Waals surface area (Å²) in [6, 6.07) is 3.57. The number of ether oxygens (including phenoxy) is 2. The van der Waals surface area contributed by atoms with Crippen LogP contribution in [0.15, 0.2) is 47.4 Å². The molecule has 0 unspecified atom stereocenters. The van der Waals surface area contributed by atoms with Crippen LogP contribution < -0.4 is 51.4 Å². The molecule has 0 spiro atoms. The van der Waals surface area contributed by atoms with Crippen molar-refractivity contribution in [3.8, 4) is 0 Å². The number of unbranched alkanes of at least 4 members (excludes halogenated alkanes) is 24. The molecule has 0 aromatic heterocycles. The van der Waals surface area contributed by atoms with Gasteiger partial charge in [-0.25, -0.2) is 18.0 Å². The molecule has 9 heteroatoms. The Labute approximate surface area is 367 Å². The van der Waals surface area contributed by atoms with E-state index < -0.39 is 32.5 Å². The summed E-state index contributed by atoms with van der Waals surface area (Å²) in [5.74, 6) is -1.87. The van der Waals surface area contributed by atoms with Crippen molar-refractivity contribution in [2.24, 2.45) is 0 Å². The Hall–Kier alpha value is -0.814. The maximum Gasteiger partial charge on any atom is 1.00 e. The number of carbonyl (C=O) groups is 2. The van der Waals surface area contributed by atoms with Crippen LogP contribution in [-0.4, -0.2) is 38.1 Å². The molecule has 298 valence electrons. The van der Waals surface area contributed by atoms with Gasteiger partial charge in [-0.15, -0.1) is 0 Å². The van der Waals surface area contributed by atoms with Crippen molar-refractivity contribution >= 4 is 22.1 Å². The Bertz CT molecular complexity index is 1210. The van der Waals surface area contributed by atoms with Crippen molar-refractivity contribution in [3.63, 3.8) is 0 Å². The Morgan fingerprint density at radius 2 is 0.868 bits per heavy atom. The average Bonchev–Trinajstić information content (AvgIpc) is 3.13. The first-order valence-electron chi connectivity index (χ1n) is 21.1. The summed E-state index contributed by atoms with van der Waals surface area (Å²) in [5, 5.41) is 0. The van der Waals surface area contributed by atoms with Crippen LogP contribution in [0, 0.1) is 0 Å². The van der Waals surface area contributed by atoms with E-state index in [1.165, 1.54) is 147 Å². The van der Waals surface area contributed by atoms with Gasteiger partial charge in [-0.1, -0.05) is 173 Å². The molecule has 0 bridgehead atoms. The van der Waals surface area contributed by atoms with Crippen LogP contribution in [0.1, 0.15) is 214 Å². The van der Waals surface area contributed by atoms with E-state index >= 15 is 0 Å². The van der Waals surface area contributed by atoms with Gasteiger partial charge in [0.15, 0.2) is 0 Å². The third-order valence-corrected chi connectivity index (χ3v) is 10.4. The van der Waals surface area contributed by atoms with E-state index in [9.17, 15) is 22.6 Å². The van der Waals surface area contributed by atoms with Gasteiger partial charge in [0, 0.05) is 0 Å². The summed E-state index contributed by atoms with van der Waals surface area (Å²) in [6.07, 6.45) is 42.1. The smallest absolute Gasteiger partial charge is 0.744 e. The molecule has 0 atom stereocenters. The molecular weight excluding hydrogens is 712 g/mol. The molecule has 0 amide bonds. The van der Waals surface area contributed by atoms with Gasteiger partial charge in [-0.3, -0.25) is 0 Å². The van der Waals surface area contributed by atoms with Gasteiger partial charge < -0.3 is 14.0 Å². The molecule has 0 radical (unpaired) electrons. The second kappa shape index (κ2) is 36.8. The van der Waals surface area contributed by atoms with Gasteiger partial charge in [0.25, 0.3) is 0 Å². The molecule has 0 fully saturated rings. The van der Waals surface area contributed by atoms with Crippen molar-refractivity contribution in [1.29, 1.82) is 0 Å². The standard InChI is InChI=1S/C44H74O7S.K/c1-3-5-7-9-11-13-15-17-19-21-23-25-27-29-31-33-38-50-43(45)40-36-35-37-41(52(47,48)49)42(40)44(46)51-39-34-32-30-28-26-24-22-20-18-16-14-12-10-8-6-4-2;/h27-30,35-37H,3-26,31-34,38-39H2,1-2H3,(H,47,48,49);/q;+1/p-1/b29-27+,30-28+;. The van der Waals surface area contributed by atoms with Gasteiger partial charge in [-0.2, -0.15) is 0 Å². The monoisotopic (exact) mass is 784 g/mol. The Balaban J connectivity index is 0.0000270. The van der Waals surface area contributed by atoms with E-state index in [1.54, 1.807) is 0 Å².